The number of benzene rings is 1. The molecule has 0 radical (unpaired) electrons. The normalized spacial score (nSPS) is 14.1. The van der Waals surface area contributed by atoms with E-state index in [0.29, 0.717) is 22.9 Å². The fourth-order valence-corrected chi connectivity index (χ4v) is 2.67. The van der Waals surface area contributed by atoms with Gasteiger partial charge >= 0.3 is 6.36 Å². The van der Waals surface area contributed by atoms with Crippen LogP contribution < -0.4 is 10.5 Å². The van der Waals surface area contributed by atoms with Gasteiger partial charge in [0.25, 0.3) is 5.91 Å². The second kappa shape index (κ2) is 6.63. The standard InChI is InChI=1S/C18H14F3N5O2/c19-18(20,21)28-13-5-1-10(2-6-13)14-7-15(16(22)27)25-17(24-14)11-8-23-26(9-11)12-3-4-12/h1-2,5-9,12H,3-4H2,(H2,22,27). The predicted octanol–water partition coefficient (Wildman–Crippen LogP) is 3.34. The van der Waals surface area contributed by atoms with Crippen molar-refractivity contribution in [1.82, 2.24) is 19.7 Å². The first-order valence-corrected chi connectivity index (χ1v) is 8.38. The molecule has 1 saturated carbocycles. The van der Waals surface area contributed by atoms with Crippen LogP contribution in [0.4, 0.5) is 13.2 Å². The molecule has 2 aromatic heterocycles. The molecule has 4 rings (SSSR count). The summed E-state index contributed by atoms with van der Waals surface area (Å²) in [6, 6.07) is 6.90. The van der Waals surface area contributed by atoms with Crippen molar-refractivity contribution < 1.29 is 22.7 Å². The maximum atomic E-state index is 12.3. The van der Waals surface area contributed by atoms with Crippen LogP contribution in [0.5, 0.6) is 5.75 Å². The van der Waals surface area contributed by atoms with Gasteiger partial charge in [-0.15, -0.1) is 13.2 Å². The molecule has 0 unspecified atom stereocenters. The van der Waals surface area contributed by atoms with Gasteiger partial charge in [-0.2, -0.15) is 5.10 Å². The minimum Gasteiger partial charge on any atom is -0.406 e. The zero-order chi connectivity index (χ0) is 19.9. The van der Waals surface area contributed by atoms with Crippen molar-refractivity contribution in [2.75, 3.05) is 0 Å². The number of primary amides is 1. The first-order valence-electron chi connectivity index (χ1n) is 8.38. The number of hydrogen-bond acceptors (Lipinski definition) is 5. The average Bonchev–Trinajstić information content (AvgIpc) is 3.37. The molecule has 1 fully saturated rings. The molecule has 2 heterocycles. The third-order valence-electron chi connectivity index (χ3n) is 4.14. The molecule has 28 heavy (non-hydrogen) atoms. The minimum absolute atomic E-state index is 0.00482. The number of hydrogen-bond donors (Lipinski definition) is 1. The number of amides is 1. The number of alkyl halides is 3. The highest BCUT2D eigenvalue weighted by Gasteiger charge is 2.31. The SMILES string of the molecule is NC(=O)c1cc(-c2ccc(OC(F)(F)F)cc2)nc(-c2cnn(C3CC3)c2)n1. The van der Waals surface area contributed by atoms with Crippen LogP contribution in [0.3, 0.4) is 0 Å². The van der Waals surface area contributed by atoms with E-state index in [1.807, 2.05) is 4.68 Å². The summed E-state index contributed by atoms with van der Waals surface area (Å²) >= 11 is 0. The Labute approximate surface area is 157 Å². The zero-order valence-electron chi connectivity index (χ0n) is 14.3. The van der Waals surface area contributed by atoms with Crippen LogP contribution in [0, 0.1) is 0 Å². The molecule has 1 aliphatic carbocycles. The van der Waals surface area contributed by atoms with Gasteiger partial charge in [-0.25, -0.2) is 9.97 Å². The summed E-state index contributed by atoms with van der Waals surface area (Å²) < 4.78 is 42.6. The summed E-state index contributed by atoms with van der Waals surface area (Å²) in [6.07, 6.45) is 0.733. The Morgan fingerprint density at radius 2 is 1.86 bits per heavy atom. The highest BCUT2D eigenvalue weighted by molar-refractivity contribution is 5.92. The van der Waals surface area contributed by atoms with E-state index in [4.69, 9.17) is 5.73 Å². The Bertz CT molecular complexity index is 1030. The highest BCUT2D eigenvalue weighted by Crippen LogP contribution is 2.35. The molecule has 0 saturated heterocycles. The fraction of sp³-hybridized carbons (Fsp3) is 0.222. The van der Waals surface area contributed by atoms with Crippen LogP contribution in [0.25, 0.3) is 22.6 Å². The van der Waals surface area contributed by atoms with Crippen LogP contribution in [-0.4, -0.2) is 32.0 Å². The van der Waals surface area contributed by atoms with Gasteiger partial charge in [-0.05, 0) is 43.2 Å². The Morgan fingerprint density at radius 1 is 1.14 bits per heavy atom. The quantitative estimate of drug-likeness (QED) is 0.722. The Balaban J connectivity index is 1.69. The maximum Gasteiger partial charge on any atom is 0.573 e. The van der Waals surface area contributed by atoms with Gasteiger partial charge in [0, 0.05) is 11.8 Å². The lowest BCUT2D eigenvalue weighted by atomic mass is 10.1. The van der Waals surface area contributed by atoms with Crippen molar-refractivity contribution in [3.8, 4) is 28.4 Å². The van der Waals surface area contributed by atoms with Crippen LogP contribution in [0.1, 0.15) is 29.4 Å². The maximum absolute atomic E-state index is 12.3. The van der Waals surface area contributed by atoms with Gasteiger partial charge in [0.2, 0.25) is 0 Å². The van der Waals surface area contributed by atoms with Crippen molar-refractivity contribution in [2.45, 2.75) is 25.2 Å². The molecule has 10 heteroatoms. The molecule has 0 bridgehead atoms. The second-order valence-electron chi connectivity index (χ2n) is 6.34. The number of aromatic nitrogens is 4. The lowest BCUT2D eigenvalue weighted by Gasteiger charge is -2.10. The molecule has 1 aliphatic rings. The topological polar surface area (TPSA) is 95.9 Å². The van der Waals surface area contributed by atoms with Gasteiger partial charge in [0.05, 0.1) is 23.5 Å². The second-order valence-corrected chi connectivity index (χ2v) is 6.34. The number of ether oxygens (including phenoxy) is 1. The van der Waals surface area contributed by atoms with E-state index in [1.54, 1.807) is 12.4 Å². The van der Waals surface area contributed by atoms with E-state index in [0.717, 1.165) is 12.8 Å². The number of nitrogens with zero attached hydrogens (tertiary/aromatic N) is 4. The third kappa shape index (κ3) is 3.95. The first-order chi connectivity index (χ1) is 13.3. The highest BCUT2D eigenvalue weighted by atomic mass is 19.4. The molecule has 144 valence electrons. The number of rotatable bonds is 5. The van der Waals surface area contributed by atoms with Gasteiger partial charge < -0.3 is 10.5 Å². The lowest BCUT2D eigenvalue weighted by Crippen LogP contribution is -2.17. The van der Waals surface area contributed by atoms with Crippen molar-refractivity contribution in [3.63, 3.8) is 0 Å². The molecule has 1 amide bonds. The summed E-state index contributed by atoms with van der Waals surface area (Å²) in [4.78, 5) is 20.3. The van der Waals surface area contributed by atoms with Crippen LogP contribution in [0.2, 0.25) is 0 Å². The van der Waals surface area contributed by atoms with Crippen LogP contribution >= 0.6 is 0 Å². The average molecular weight is 389 g/mol. The molecule has 0 spiro atoms. The summed E-state index contributed by atoms with van der Waals surface area (Å²) in [7, 11) is 0. The Kier molecular flexibility index (Phi) is 4.25. The summed E-state index contributed by atoms with van der Waals surface area (Å²) in [5.74, 6) is -0.836. The number of carbonyl (C=O) groups is 1. The minimum atomic E-state index is -4.77. The number of nitrogens with two attached hydrogens (primary N) is 1. The number of halogens is 3. The first kappa shape index (κ1) is 18.0. The zero-order valence-corrected chi connectivity index (χ0v) is 14.3. The van der Waals surface area contributed by atoms with E-state index in [9.17, 15) is 18.0 Å². The van der Waals surface area contributed by atoms with Gasteiger partial charge in [0.1, 0.15) is 11.4 Å². The van der Waals surface area contributed by atoms with E-state index >= 15 is 0 Å². The molecule has 0 aliphatic heterocycles. The van der Waals surface area contributed by atoms with E-state index in [-0.39, 0.29) is 17.3 Å². The molecular weight excluding hydrogens is 375 g/mol. The predicted molar refractivity (Wildman–Crippen MR) is 92.2 cm³/mol. The van der Waals surface area contributed by atoms with Crippen LogP contribution in [0.15, 0.2) is 42.7 Å². The van der Waals surface area contributed by atoms with E-state index < -0.39 is 12.3 Å². The summed E-state index contributed by atoms with van der Waals surface area (Å²) in [5.41, 5.74) is 6.81. The molecule has 3 aromatic rings. The van der Waals surface area contributed by atoms with Gasteiger partial charge in [-0.1, -0.05) is 0 Å². The molecule has 7 nitrogen and oxygen atoms in total. The van der Waals surface area contributed by atoms with Crippen molar-refractivity contribution >= 4 is 5.91 Å². The monoisotopic (exact) mass is 389 g/mol. The number of carbonyl (C=O) groups excluding carboxylic acids is 1. The van der Waals surface area contributed by atoms with Gasteiger partial charge in [0.15, 0.2) is 5.82 Å². The fourth-order valence-electron chi connectivity index (χ4n) is 2.67. The molecule has 1 aromatic carbocycles. The van der Waals surface area contributed by atoms with Crippen LogP contribution in [-0.2, 0) is 0 Å². The van der Waals surface area contributed by atoms with E-state index in [1.165, 1.54) is 30.3 Å². The Hall–Kier alpha value is -3.43. The van der Waals surface area contributed by atoms with Crippen molar-refractivity contribution in [1.29, 1.82) is 0 Å². The summed E-state index contributed by atoms with van der Waals surface area (Å²) in [6.45, 7) is 0. The third-order valence-corrected chi connectivity index (χ3v) is 4.14. The largest absolute Gasteiger partial charge is 0.573 e. The van der Waals surface area contributed by atoms with Crippen molar-refractivity contribution in [3.05, 3.63) is 48.4 Å². The smallest absolute Gasteiger partial charge is 0.406 e. The molecule has 0 atom stereocenters. The Morgan fingerprint density at radius 3 is 2.46 bits per heavy atom. The summed E-state index contributed by atoms with van der Waals surface area (Å²) in [5, 5.41) is 4.27. The lowest BCUT2D eigenvalue weighted by molar-refractivity contribution is -0.274. The van der Waals surface area contributed by atoms with Gasteiger partial charge in [-0.3, -0.25) is 9.48 Å². The molecule has 2 N–H and O–H groups in total. The van der Waals surface area contributed by atoms with E-state index in [2.05, 4.69) is 19.8 Å². The van der Waals surface area contributed by atoms with Crippen molar-refractivity contribution in [2.24, 2.45) is 5.73 Å². The molecular formula is C18H14F3N5O2.